The fraction of sp³-hybridized carbons (Fsp3) is 0.429. The van der Waals surface area contributed by atoms with Crippen LogP contribution in [0.2, 0.25) is 10.0 Å². The Morgan fingerprint density at radius 3 is 2.67 bits per heavy atom. The fourth-order valence-electron chi connectivity index (χ4n) is 5.74. The lowest BCUT2D eigenvalue weighted by atomic mass is 9.91. The number of ether oxygens (including phenoxy) is 2. The molecule has 11 nitrogen and oxygen atoms in total. The van der Waals surface area contributed by atoms with E-state index in [4.69, 9.17) is 32.7 Å². The summed E-state index contributed by atoms with van der Waals surface area (Å²) in [6, 6.07) is 7.69. The van der Waals surface area contributed by atoms with Crippen molar-refractivity contribution in [2.45, 2.75) is 61.9 Å². The maximum absolute atomic E-state index is 14.4. The van der Waals surface area contributed by atoms with Gasteiger partial charge in [0, 0.05) is 22.8 Å². The third-order valence-electron chi connectivity index (χ3n) is 7.78. The molecular weight excluding hydrogens is 672 g/mol. The molecule has 7 atom stereocenters. The predicted octanol–water partition coefficient (Wildman–Crippen LogP) is 3.65. The zero-order valence-electron chi connectivity index (χ0n) is 22.6. The molecule has 1 aromatic heterocycles. The van der Waals surface area contributed by atoms with Gasteiger partial charge < -0.3 is 29.7 Å². The van der Waals surface area contributed by atoms with Crippen LogP contribution in [0.1, 0.15) is 30.9 Å². The van der Waals surface area contributed by atoms with E-state index in [-0.39, 0.29) is 26.9 Å². The van der Waals surface area contributed by atoms with Crippen molar-refractivity contribution in [3.05, 3.63) is 62.4 Å². The number of hydrogen-bond acceptors (Lipinski definition) is 9. The molecule has 2 fully saturated rings. The van der Waals surface area contributed by atoms with Crippen LogP contribution in [-0.2, 0) is 14.3 Å². The van der Waals surface area contributed by atoms with E-state index in [0.717, 1.165) is 6.07 Å². The molecule has 3 aromatic rings. The second kappa shape index (κ2) is 13.1. The third kappa shape index (κ3) is 6.16. The summed E-state index contributed by atoms with van der Waals surface area (Å²) in [5.41, 5.74) is 1.11. The maximum Gasteiger partial charge on any atom is 0.259 e. The molecule has 3 N–H and O–H groups in total. The molecule has 1 aliphatic heterocycles. The number of nitriles is 1. The Morgan fingerprint density at radius 2 is 2.05 bits per heavy atom. The second-order valence-corrected chi connectivity index (χ2v) is 12.1. The minimum Gasteiger partial charge on any atom is -0.394 e. The molecular formula is C28H27BrCl2FN5O6. The standard InChI is InChI=1S/C28H27BrCl2FN5O6/c1-42-26-24(36-11-19(34-35-36)14-7-17(30)23(31)18(32)8-14)25(40)22(12-38)43-27(26)28(41)37(20-3-2-4-21(20)39)16-6-13(10-33)5-15(29)9-16/h5-9,11,20-22,24-27,38-40H,2-4,12H2,1H3/t20-,21-,22?,24?,25?,26?,27?/m0/s1. The van der Waals surface area contributed by atoms with E-state index in [2.05, 4.69) is 32.3 Å². The van der Waals surface area contributed by atoms with Gasteiger partial charge in [-0.1, -0.05) is 44.3 Å². The van der Waals surface area contributed by atoms with Crippen molar-refractivity contribution in [2.75, 3.05) is 18.6 Å². The summed E-state index contributed by atoms with van der Waals surface area (Å²) in [4.78, 5) is 15.8. The minimum absolute atomic E-state index is 0.0283. The first-order chi connectivity index (χ1) is 20.6. The summed E-state index contributed by atoms with van der Waals surface area (Å²) in [6.45, 7) is -0.640. The first-order valence-corrected chi connectivity index (χ1v) is 14.9. The molecule has 0 spiro atoms. The third-order valence-corrected chi connectivity index (χ3v) is 9.02. The topological polar surface area (TPSA) is 154 Å². The van der Waals surface area contributed by atoms with E-state index in [9.17, 15) is 29.8 Å². The first kappa shape index (κ1) is 31.7. The number of carbonyl (C=O) groups excluding carboxylic acids is 1. The van der Waals surface area contributed by atoms with Gasteiger partial charge in [0.1, 0.15) is 35.9 Å². The summed E-state index contributed by atoms with van der Waals surface area (Å²) in [5, 5.41) is 49.7. The number of aliphatic hydroxyl groups is 3. The SMILES string of the molecule is COC1C(C(=O)N(c2cc(Br)cc(C#N)c2)[C@H]2CCC[C@@H]2O)OC(CO)C(O)C1n1cc(-c2cc(F)c(Cl)c(Cl)c2)nn1. The van der Waals surface area contributed by atoms with Crippen LogP contribution in [0.3, 0.4) is 0 Å². The van der Waals surface area contributed by atoms with E-state index in [1.54, 1.807) is 12.1 Å². The fourth-order valence-corrected chi connectivity index (χ4v) is 6.53. The van der Waals surface area contributed by atoms with E-state index in [0.29, 0.717) is 29.4 Å². The van der Waals surface area contributed by atoms with Gasteiger partial charge in [-0.05, 0) is 49.6 Å². The van der Waals surface area contributed by atoms with Gasteiger partial charge in [0.2, 0.25) is 0 Å². The highest BCUT2D eigenvalue weighted by molar-refractivity contribution is 9.10. The average Bonchev–Trinajstić information content (AvgIpc) is 3.64. The Morgan fingerprint density at radius 1 is 1.28 bits per heavy atom. The maximum atomic E-state index is 14.4. The molecule has 2 aromatic carbocycles. The van der Waals surface area contributed by atoms with E-state index in [1.165, 1.54) is 35.0 Å². The molecule has 1 aliphatic carbocycles. The van der Waals surface area contributed by atoms with Crippen molar-refractivity contribution in [1.82, 2.24) is 15.0 Å². The van der Waals surface area contributed by atoms with Gasteiger partial charge in [-0.25, -0.2) is 9.07 Å². The molecule has 43 heavy (non-hydrogen) atoms. The highest BCUT2D eigenvalue weighted by Crippen LogP contribution is 2.38. The van der Waals surface area contributed by atoms with Crippen molar-refractivity contribution in [3.63, 3.8) is 0 Å². The lowest BCUT2D eigenvalue weighted by Crippen LogP contribution is -2.62. The zero-order chi connectivity index (χ0) is 31.0. The molecule has 2 aliphatic rings. The number of aliphatic hydroxyl groups excluding tert-OH is 3. The molecule has 0 bridgehead atoms. The predicted molar refractivity (Wildman–Crippen MR) is 157 cm³/mol. The van der Waals surface area contributed by atoms with Crippen LogP contribution in [0.4, 0.5) is 10.1 Å². The molecule has 1 saturated carbocycles. The summed E-state index contributed by atoms with van der Waals surface area (Å²) in [5.74, 6) is -1.37. The van der Waals surface area contributed by atoms with Gasteiger partial charge in [-0.2, -0.15) is 5.26 Å². The highest BCUT2D eigenvalue weighted by Gasteiger charge is 2.52. The van der Waals surface area contributed by atoms with Crippen LogP contribution in [-0.4, -0.2) is 86.5 Å². The molecule has 228 valence electrons. The van der Waals surface area contributed by atoms with Crippen LogP contribution >= 0.6 is 39.1 Å². The number of carbonyl (C=O) groups is 1. The van der Waals surface area contributed by atoms with Crippen LogP contribution in [0.5, 0.6) is 0 Å². The number of hydrogen-bond donors (Lipinski definition) is 3. The van der Waals surface area contributed by atoms with Crippen molar-refractivity contribution in [1.29, 1.82) is 5.26 Å². The van der Waals surface area contributed by atoms with Crippen LogP contribution < -0.4 is 4.90 Å². The molecule has 5 unspecified atom stereocenters. The number of aromatic nitrogens is 3. The lowest BCUT2D eigenvalue weighted by molar-refractivity contribution is -0.211. The van der Waals surface area contributed by atoms with Crippen LogP contribution in [0.15, 0.2) is 41.0 Å². The van der Waals surface area contributed by atoms with Gasteiger partial charge in [0.05, 0.1) is 46.6 Å². The smallest absolute Gasteiger partial charge is 0.259 e. The monoisotopic (exact) mass is 697 g/mol. The number of benzene rings is 2. The molecule has 2 heterocycles. The largest absolute Gasteiger partial charge is 0.394 e. The Bertz CT molecular complexity index is 1530. The Balaban J connectivity index is 1.55. The molecule has 15 heteroatoms. The Hall–Kier alpha value is -2.67. The number of anilines is 1. The number of amides is 1. The van der Waals surface area contributed by atoms with Gasteiger partial charge in [-0.3, -0.25) is 4.79 Å². The summed E-state index contributed by atoms with van der Waals surface area (Å²) < 4.78 is 27.8. The molecule has 1 saturated heterocycles. The van der Waals surface area contributed by atoms with Gasteiger partial charge in [0.15, 0.2) is 6.10 Å². The van der Waals surface area contributed by atoms with Gasteiger partial charge >= 0.3 is 0 Å². The number of rotatable bonds is 7. The second-order valence-electron chi connectivity index (χ2n) is 10.4. The van der Waals surface area contributed by atoms with E-state index >= 15 is 0 Å². The van der Waals surface area contributed by atoms with E-state index < -0.39 is 60.9 Å². The Kier molecular flexibility index (Phi) is 9.70. The zero-order valence-corrected chi connectivity index (χ0v) is 25.7. The van der Waals surface area contributed by atoms with Crippen LogP contribution in [0.25, 0.3) is 11.3 Å². The number of nitrogens with zero attached hydrogens (tertiary/aromatic N) is 5. The lowest BCUT2D eigenvalue weighted by Gasteiger charge is -2.45. The average molecular weight is 699 g/mol. The normalized spacial score (nSPS) is 27.2. The van der Waals surface area contributed by atoms with Crippen molar-refractivity contribution < 1.29 is 34.0 Å². The molecule has 0 radical (unpaired) electrons. The van der Waals surface area contributed by atoms with Crippen molar-refractivity contribution in [2.24, 2.45) is 0 Å². The van der Waals surface area contributed by atoms with E-state index in [1.807, 2.05) is 0 Å². The Labute approximate surface area is 264 Å². The molecule has 1 amide bonds. The first-order valence-electron chi connectivity index (χ1n) is 13.3. The number of halogens is 4. The van der Waals surface area contributed by atoms with Gasteiger partial charge in [0.25, 0.3) is 5.91 Å². The molecule has 5 rings (SSSR count). The quantitative estimate of drug-likeness (QED) is 0.314. The van der Waals surface area contributed by atoms with Crippen molar-refractivity contribution >= 4 is 50.7 Å². The highest BCUT2D eigenvalue weighted by atomic mass is 79.9. The summed E-state index contributed by atoms with van der Waals surface area (Å²) in [7, 11) is 1.33. The summed E-state index contributed by atoms with van der Waals surface area (Å²) >= 11 is 15.3. The van der Waals surface area contributed by atoms with Crippen molar-refractivity contribution in [3.8, 4) is 17.3 Å². The van der Waals surface area contributed by atoms with Crippen LogP contribution in [0, 0.1) is 17.1 Å². The van der Waals surface area contributed by atoms with Gasteiger partial charge in [-0.15, -0.1) is 5.10 Å². The minimum atomic E-state index is -1.40. The number of methoxy groups -OCH3 is 1. The summed E-state index contributed by atoms with van der Waals surface area (Å²) in [6.07, 6.45) is -2.95.